The highest BCUT2D eigenvalue weighted by Crippen LogP contribution is 2.24. The minimum atomic E-state index is 0.0237. The zero-order valence-electron chi connectivity index (χ0n) is 15.3. The molecule has 0 bridgehead atoms. The molecule has 0 aliphatic rings. The van der Waals surface area contributed by atoms with Gasteiger partial charge in [-0.05, 0) is 63.2 Å². The molecule has 0 unspecified atom stereocenters. The minimum absolute atomic E-state index is 0.0237. The van der Waals surface area contributed by atoms with Crippen molar-refractivity contribution in [1.29, 1.82) is 5.26 Å². The lowest BCUT2D eigenvalue weighted by Gasteiger charge is -2.09. The monoisotopic (exact) mass is 379 g/mol. The first-order valence-corrected chi connectivity index (χ1v) is 8.77. The molecule has 0 aliphatic heterocycles. The summed E-state index contributed by atoms with van der Waals surface area (Å²) in [7, 11) is 0. The third kappa shape index (κ3) is 3.86. The number of aromatic nitrogens is 2. The number of nitrogens with zero attached hydrogens (tertiary/aromatic N) is 3. The number of nitriles is 1. The summed E-state index contributed by atoms with van der Waals surface area (Å²) < 4.78 is 7.66. The molecule has 1 heterocycles. The van der Waals surface area contributed by atoms with Crippen molar-refractivity contribution in [3.63, 3.8) is 0 Å². The molecule has 0 aliphatic carbocycles. The Kier molecular flexibility index (Phi) is 5.29. The van der Waals surface area contributed by atoms with Gasteiger partial charge in [-0.1, -0.05) is 11.6 Å². The molecule has 0 amide bonds. The molecule has 0 N–H and O–H groups in total. The van der Waals surface area contributed by atoms with E-state index in [0.717, 1.165) is 22.6 Å². The van der Waals surface area contributed by atoms with Crippen molar-refractivity contribution in [3.05, 3.63) is 75.6 Å². The van der Waals surface area contributed by atoms with Crippen molar-refractivity contribution >= 4 is 17.4 Å². The van der Waals surface area contributed by atoms with Crippen molar-refractivity contribution in [1.82, 2.24) is 9.78 Å². The smallest absolute Gasteiger partial charge is 0.159 e. The van der Waals surface area contributed by atoms with Crippen LogP contribution in [0.2, 0.25) is 5.02 Å². The number of ether oxygens (including phenoxy) is 1. The van der Waals surface area contributed by atoms with Gasteiger partial charge in [0, 0.05) is 16.8 Å². The van der Waals surface area contributed by atoms with Gasteiger partial charge in [0.2, 0.25) is 0 Å². The van der Waals surface area contributed by atoms with Crippen LogP contribution in [0.15, 0.2) is 42.5 Å². The Bertz CT molecular complexity index is 1050. The van der Waals surface area contributed by atoms with Crippen molar-refractivity contribution in [3.8, 4) is 17.5 Å². The van der Waals surface area contributed by atoms with E-state index in [1.807, 2.05) is 19.9 Å². The summed E-state index contributed by atoms with van der Waals surface area (Å²) in [6.07, 6.45) is 0. The molecule has 2 aromatic carbocycles. The normalized spacial score (nSPS) is 10.5. The van der Waals surface area contributed by atoms with E-state index < -0.39 is 0 Å². The number of Topliss-reactive ketones (excluding diaryl/α,β-unsaturated/α-hetero) is 1. The molecule has 3 rings (SSSR count). The van der Waals surface area contributed by atoms with E-state index in [-0.39, 0.29) is 5.78 Å². The molecule has 0 radical (unpaired) electrons. The Morgan fingerprint density at radius 1 is 1.22 bits per heavy atom. The van der Waals surface area contributed by atoms with Crippen LogP contribution >= 0.6 is 11.6 Å². The van der Waals surface area contributed by atoms with Gasteiger partial charge in [-0.3, -0.25) is 4.79 Å². The topological polar surface area (TPSA) is 67.9 Å². The third-order valence-corrected chi connectivity index (χ3v) is 4.72. The van der Waals surface area contributed by atoms with E-state index in [0.29, 0.717) is 28.5 Å². The third-order valence-electron chi connectivity index (χ3n) is 4.40. The Hall–Kier alpha value is -3.10. The number of ketones is 1. The summed E-state index contributed by atoms with van der Waals surface area (Å²) in [5, 5.41) is 14.0. The minimum Gasteiger partial charge on any atom is -0.489 e. The number of rotatable bonds is 5. The zero-order valence-corrected chi connectivity index (χ0v) is 16.0. The van der Waals surface area contributed by atoms with Crippen LogP contribution in [0, 0.1) is 25.2 Å². The fourth-order valence-corrected chi connectivity index (χ4v) is 3.02. The van der Waals surface area contributed by atoms with Crippen molar-refractivity contribution in [2.45, 2.75) is 27.4 Å². The summed E-state index contributed by atoms with van der Waals surface area (Å²) in [6, 6.07) is 14.3. The molecular formula is C21H18ClN3O2. The highest BCUT2D eigenvalue weighted by Gasteiger charge is 2.14. The van der Waals surface area contributed by atoms with Crippen molar-refractivity contribution in [2.75, 3.05) is 0 Å². The Morgan fingerprint density at radius 2 is 1.93 bits per heavy atom. The number of carbonyl (C=O) groups is 1. The number of hydrogen-bond acceptors (Lipinski definition) is 4. The van der Waals surface area contributed by atoms with Crippen molar-refractivity contribution in [2.24, 2.45) is 0 Å². The molecule has 0 spiro atoms. The van der Waals surface area contributed by atoms with E-state index in [1.54, 1.807) is 41.1 Å². The molecule has 6 heteroatoms. The second-order valence-electron chi connectivity index (χ2n) is 6.21. The molecule has 0 fully saturated rings. The van der Waals surface area contributed by atoms with Crippen molar-refractivity contribution < 1.29 is 9.53 Å². The van der Waals surface area contributed by atoms with Gasteiger partial charge in [0.05, 0.1) is 22.0 Å². The lowest BCUT2D eigenvalue weighted by atomic mass is 10.1. The van der Waals surface area contributed by atoms with Gasteiger partial charge >= 0.3 is 0 Å². The summed E-state index contributed by atoms with van der Waals surface area (Å²) in [6.45, 7) is 5.78. The van der Waals surface area contributed by atoms with Crippen LogP contribution in [0.4, 0.5) is 0 Å². The predicted octanol–water partition coefficient (Wildman–Crippen LogP) is 4.80. The molecular weight excluding hydrogens is 362 g/mol. The van der Waals surface area contributed by atoms with Crippen LogP contribution in [0.3, 0.4) is 0 Å². The molecule has 27 heavy (non-hydrogen) atoms. The number of carbonyl (C=O) groups excluding carboxylic acids is 1. The summed E-state index contributed by atoms with van der Waals surface area (Å²) in [5.74, 6) is 0.712. The molecule has 5 nitrogen and oxygen atoms in total. The van der Waals surface area contributed by atoms with E-state index >= 15 is 0 Å². The Balaban J connectivity index is 1.82. The second kappa shape index (κ2) is 7.65. The Labute approximate surface area is 162 Å². The predicted molar refractivity (Wildman–Crippen MR) is 104 cm³/mol. The van der Waals surface area contributed by atoms with E-state index in [1.165, 1.54) is 6.92 Å². The second-order valence-corrected chi connectivity index (χ2v) is 6.61. The summed E-state index contributed by atoms with van der Waals surface area (Å²) in [5.41, 5.74) is 4.64. The molecule has 0 saturated carbocycles. The largest absolute Gasteiger partial charge is 0.489 e. The van der Waals surface area contributed by atoms with Crippen LogP contribution in [0.25, 0.3) is 5.69 Å². The fraction of sp³-hybridized carbons (Fsp3) is 0.190. The number of halogens is 1. The van der Waals surface area contributed by atoms with E-state index in [4.69, 9.17) is 21.6 Å². The SMILES string of the molecule is CC(=O)c1ccc(OCc2c(C)nn(-c3ccc(C#N)c(Cl)c3)c2C)cc1. The van der Waals surface area contributed by atoms with Crippen LogP contribution in [0.1, 0.15) is 39.8 Å². The van der Waals surface area contributed by atoms with Crippen LogP contribution in [-0.4, -0.2) is 15.6 Å². The lowest BCUT2D eigenvalue weighted by Crippen LogP contribution is -2.02. The van der Waals surface area contributed by atoms with Gasteiger partial charge in [0.1, 0.15) is 18.4 Å². The fourth-order valence-electron chi connectivity index (χ4n) is 2.80. The zero-order chi connectivity index (χ0) is 19.6. The first-order chi connectivity index (χ1) is 12.9. The maximum atomic E-state index is 11.3. The van der Waals surface area contributed by atoms with Crippen LogP contribution < -0.4 is 4.74 Å². The van der Waals surface area contributed by atoms with Gasteiger partial charge in [0.25, 0.3) is 0 Å². The molecule has 136 valence electrons. The molecule has 0 atom stereocenters. The van der Waals surface area contributed by atoms with E-state index in [9.17, 15) is 4.79 Å². The highest BCUT2D eigenvalue weighted by atomic mass is 35.5. The first kappa shape index (κ1) is 18.7. The number of aryl methyl sites for hydroxylation is 1. The molecule has 3 aromatic rings. The molecule has 1 aromatic heterocycles. The summed E-state index contributed by atoms with van der Waals surface area (Å²) >= 11 is 6.14. The number of benzene rings is 2. The van der Waals surface area contributed by atoms with Gasteiger partial charge < -0.3 is 4.74 Å². The van der Waals surface area contributed by atoms with Gasteiger partial charge in [-0.2, -0.15) is 10.4 Å². The maximum Gasteiger partial charge on any atom is 0.159 e. The van der Waals surface area contributed by atoms with Crippen LogP contribution in [0.5, 0.6) is 5.75 Å². The average Bonchev–Trinajstić information content (AvgIpc) is 2.94. The van der Waals surface area contributed by atoms with Gasteiger partial charge in [0.15, 0.2) is 5.78 Å². The average molecular weight is 380 g/mol. The van der Waals surface area contributed by atoms with Crippen LogP contribution in [-0.2, 0) is 6.61 Å². The van der Waals surface area contributed by atoms with Gasteiger partial charge in [-0.15, -0.1) is 0 Å². The first-order valence-electron chi connectivity index (χ1n) is 8.39. The lowest BCUT2D eigenvalue weighted by molar-refractivity contribution is 0.101. The Morgan fingerprint density at radius 3 is 2.52 bits per heavy atom. The quantitative estimate of drug-likeness (QED) is 0.597. The van der Waals surface area contributed by atoms with Gasteiger partial charge in [-0.25, -0.2) is 4.68 Å². The number of hydrogen-bond donors (Lipinski definition) is 0. The molecule has 0 saturated heterocycles. The standard InChI is InChI=1S/C21H18ClN3O2/c1-13-20(12-27-19-8-5-16(6-9-19)15(3)26)14(2)25(24-13)18-7-4-17(11-23)21(22)10-18/h4-10H,12H2,1-3H3. The maximum absolute atomic E-state index is 11.3. The summed E-state index contributed by atoms with van der Waals surface area (Å²) in [4.78, 5) is 11.3. The van der Waals surface area contributed by atoms with E-state index in [2.05, 4.69) is 11.2 Å². The highest BCUT2D eigenvalue weighted by molar-refractivity contribution is 6.31.